The molecule has 0 saturated heterocycles. The van der Waals surface area contributed by atoms with E-state index in [4.69, 9.17) is 9.88 Å². The molecular weight excluding hydrogens is 354 g/mol. The van der Waals surface area contributed by atoms with Crippen LogP contribution in [0.5, 0.6) is 11.5 Å². The summed E-state index contributed by atoms with van der Waals surface area (Å²) >= 11 is 0. The summed E-state index contributed by atoms with van der Waals surface area (Å²) in [4.78, 5) is 12.4. The minimum absolute atomic E-state index is 0.0134. The van der Waals surface area contributed by atoms with E-state index in [0.717, 1.165) is 24.8 Å². The molecule has 0 atom stereocenters. The van der Waals surface area contributed by atoms with E-state index in [-0.39, 0.29) is 23.0 Å². The number of benzene rings is 2. The van der Waals surface area contributed by atoms with Crippen molar-refractivity contribution >= 4 is 22.2 Å². The first kappa shape index (κ1) is 18.2. The van der Waals surface area contributed by atoms with Crippen LogP contribution in [-0.2, 0) is 16.7 Å². The van der Waals surface area contributed by atoms with E-state index in [1.807, 2.05) is 24.3 Å². The first-order chi connectivity index (χ1) is 12.4. The predicted octanol–water partition coefficient (Wildman–Crippen LogP) is 3.23. The van der Waals surface area contributed by atoms with E-state index in [0.29, 0.717) is 5.56 Å². The molecule has 3 rings (SSSR count). The monoisotopic (exact) mass is 373 g/mol. The van der Waals surface area contributed by atoms with E-state index < -0.39 is 10.3 Å². The normalized spacial score (nSPS) is 15.0. The lowest BCUT2D eigenvalue weighted by Gasteiger charge is -2.03. The third kappa shape index (κ3) is 4.30. The zero-order valence-electron chi connectivity index (χ0n) is 14.3. The van der Waals surface area contributed by atoms with Gasteiger partial charge in [0, 0.05) is 6.07 Å². The summed E-state index contributed by atoms with van der Waals surface area (Å²) in [5.74, 6) is 0.133. The second-order valence-electron chi connectivity index (χ2n) is 6.02. The van der Waals surface area contributed by atoms with Crippen LogP contribution >= 0.6 is 0 Å². The number of carbonyl (C=O) groups is 1. The van der Waals surface area contributed by atoms with Gasteiger partial charge in [-0.2, -0.15) is 13.6 Å². The quantitative estimate of drug-likeness (QED) is 0.784. The molecule has 1 aliphatic heterocycles. The van der Waals surface area contributed by atoms with Crippen molar-refractivity contribution in [3.8, 4) is 11.5 Å². The summed E-state index contributed by atoms with van der Waals surface area (Å²) in [5.41, 5.74) is 2.45. The van der Waals surface area contributed by atoms with Crippen molar-refractivity contribution in [3.05, 3.63) is 64.9 Å². The Balaban J connectivity index is 1.79. The summed E-state index contributed by atoms with van der Waals surface area (Å²) in [5, 5.41) is 4.84. The third-order valence-electron chi connectivity index (χ3n) is 3.95. The van der Waals surface area contributed by atoms with E-state index in [9.17, 15) is 13.2 Å². The van der Waals surface area contributed by atoms with Gasteiger partial charge in [0.05, 0.1) is 5.56 Å². The number of hydrogen-bond donors (Lipinski definition) is 1. The Labute approximate surface area is 152 Å². The Morgan fingerprint density at radius 2 is 1.88 bits per heavy atom. The van der Waals surface area contributed by atoms with Crippen LogP contribution in [-0.4, -0.2) is 14.2 Å². The number of hydrogen-bond acceptors (Lipinski definition) is 5. The highest BCUT2D eigenvalue weighted by atomic mass is 32.2. The molecule has 1 aliphatic rings. The zero-order chi connectivity index (χ0) is 18.7. The minimum Gasteiger partial charge on any atom is -0.452 e. The highest BCUT2D eigenvalue weighted by Crippen LogP contribution is 2.35. The number of fused-ring (bicyclic) bond motifs is 1. The molecule has 0 bridgehead atoms. The number of allylic oxidation sites excluding steroid dienone is 1. The van der Waals surface area contributed by atoms with Gasteiger partial charge >= 0.3 is 10.3 Å². The van der Waals surface area contributed by atoms with Gasteiger partial charge in [-0.15, -0.1) is 0 Å². The molecule has 0 saturated carbocycles. The largest absolute Gasteiger partial charge is 0.452 e. The summed E-state index contributed by atoms with van der Waals surface area (Å²) in [7, 11) is -4.14. The fraction of sp³-hybridized carbons (Fsp3) is 0.211. The lowest BCUT2D eigenvalue weighted by atomic mass is 10.0. The maximum atomic E-state index is 12.4. The predicted molar refractivity (Wildman–Crippen MR) is 98.2 cm³/mol. The Morgan fingerprint density at radius 3 is 2.54 bits per heavy atom. The van der Waals surface area contributed by atoms with Crippen LogP contribution in [0.1, 0.15) is 41.3 Å². The van der Waals surface area contributed by atoms with E-state index in [1.54, 1.807) is 6.08 Å². The number of rotatable bonds is 6. The van der Waals surface area contributed by atoms with Gasteiger partial charge < -0.3 is 8.92 Å². The second-order valence-corrected chi connectivity index (χ2v) is 7.17. The zero-order valence-corrected chi connectivity index (χ0v) is 15.1. The Kier molecular flexibility index (Phi) is 5.11. The Hall–Kier alpha value is -2.64. The first-order valence-electron chi connectivity index (χ1n) is 8.25. The number of Topliss-reactive ketones (excluding diaryl/α,β-unsaturated/α-hetero) is 1. The van der Waals surface area contributed by atoms with Gasteiger partial charge in [-0.3, -0.25) is 4.79 Å². The van der Waals surface area contributed by atoms with Crippen molar-refractivity contribution < 1.29 is 22.1 Å². The molecule has 2 N–H and O–H groups in total. The smallest absolute Gasteiger partial charge is 0.380 e. The average molecular weight is 373 g/mol. The molecule has 6 nitrogen and oxygen atoms in total. The Bertz CT molecular complexity index is 962. The summed E-state index contributed by atoms with van der Waals surface area (Å²) in [6.07, 6.45) is 4.97. The van der Waals surface area contributed by atoms with Crippen LogP contribution < -0.4 is 14.1 Å². The van der Waals surface area contributed by atoms with Crippen molar-refractivity contribution in [2.24, 2.45) is 5.14 Å². The first-order valence-corrected chi connectivity index (χ1v) is 9.72. The van der Waals surface area contributed by atoms with Crippen LogP contribution in [0.4, 0.5) is 0 Å². The molecule has 0 spiro atoms. The van der Waals surface area contributed by atoms with E-state index >= 15 is 0 Å². The maximum Gasteiger partial charge on any atom is 0.380 e. The number of aryl methyl sites for hydroxylation is 1. The van der Waals surface area contributed by atoms with Crippen molar-refractivity contribution in [1.82, 2.24) is 0 Å². The van der Waals surface area contributed by atoms with Crippen molar-refractivity contribution in [1.29, 1.82) is 0 Å². The van der Waals surface area contributed by atoms with Gasteiger partial charge in [-0.1, -0.05) is 37.6 Å². The highest BCUT2D eigenvalue weighted by molar-refractivity contribution is 7.84. The molecule has 0 fully saturated rings. The fourth-order valence-electron chi connectivity index (χ4n) is 2.67. The van der Waals surface area contributed by atoms with Gasteiger partial charge in [0.15, 0.2) is 5.76 Å². The van der Waals surface area contributed by atoms with E-state index in [2.05, 4.69) is 11.1 Å². The molecule has 7 heteroatoms. The molecular formula is C19H19NO5S. The van der Waals surface area contributed by atoms with Gasteiger partial charge in [0.2, 0.25) is 5.78 Å². The number of nitrogens with two attached hydrogens (primary N) is 1. The molecule has 0 aromatic heterocycles. The fourth-order valence-corrected chi connectivity index (χ4v) is 3.04. The molecule has 2 aromatic carbocycles. The molecule has 26 heavy (non-hydrogen) atoms. The van der Waals surface area contributed by atoms with Gasteiger partial charge in [0.1, 0.15) is 11.5 Å². The Morgan fingerprint density at radius 1 is 1.15 bits per heavy atom. The van der Waals surface area contributed by atoms with Crippen molar-refractivity contribution in [2.45, 2.75) is 26.2 Å². The summed E-state index contributed by atoms with van der Waals surface area (Å²) < 4.78 is 32.2. The van der Waals surface area contributed by atoms with Gasteiger partial charge in [0.25, 0.3) is 0 Å². The third-order valence-corrected chi connectivity index (χ3v) is 4.38. The summed E-state index contributed by atoms with van der Waals surface area (Å²) in [6.45, 7) is 2.15. The van der Waals surface area contributed by atoms with Crippen LogP contribution in [0.3, 0.4) is 0 Å². The summed E-state index contributed by atoms with van der Waals surface area (Å²) in [6, 6.07) is 12.1. The van der Waals surface area contributed by atoms with Gasteiger partial charge in [-0.05, 0) is 42.2 Å². The number of unbranched alkanes of at least 4 members (excludes halogenated alkanes) is 1. The topological polar surface area (TPSA) is 95.7 Å². The maximum absolute atomic E-state index is 12.4. The molecule has 1 heterocycles. The van der Waals surface area contributed by atoms with Gasteiger partial charge in [-0.25, -0.2) is 0 Å². The minimum atomic E-state index is -4.14. The highest BCUT2D eigenvalue weighted by Gasteiger charge is 2.28. The molecule has 0 amide bonds. The molecule has 0 radical (unpaired) electrons. The van der Waals surface area contributed by atoms with Crippen LogP contribution in [0.15, 0.2) is 48.2 Å². The number of ether oxygens (including phenoxy) is 1. The standard InChI is InChI=1S/C19H19NO5S/c1-2-3-4-13-5-7-14(8-6-13)11-18-19(21)16-10-9-15(12-17(16)24-18)25-26(20,22)23/h5-12H,2-4H2,1H3,(H2,20,22,23)/b18-11-. The lowest BCUT2D eigenvalue weighted by Crippen LogP contribution is -2.18. The SMILES string of the molecule is CCCCc1ccc(/C=C2\Oc3cc(OS(N)(=O)=O)ccc3C2=O)cc1. The number of ketones is 1. The molecule has 2 aromatic rings. The molecule has 136 valence electrons. The lowest BCUT2D eigenvalue weighted by molar-refractivity contribution is 0.101. The van der Waals surface area contributed by atoms with Crippen LogP contribution in [0, 0.1) is 0 Å². The van der Waals surface area contributed by atoms with Crippen molar-refractivity contribution in [3.63, 3.8) is 0 Å². The van der Waals surface area contributed by atoms with E-state index in [1.165, 1.54) is 23.8 Å². The molecule has 0 aliphatic carbocycles. The second kappa shape index (κ2) is 7.31. The number of carbonyl (C=O) groups excluding carboxylic acids is 1. The van der Waals surface area contributed by atoms with Crippen molar-refractivity contribution in [2.75, 3.05) is 0 Å². The molecule has 0 unspecified atom stereocenters. The van der Waals surface area contributed by atoms with Crippen LogP contribution in [0.2, 0.25) is 0 Å². The average Bonchev–Trinajstić information content (AvgIpc) is 2.88. The van der Waals surface area contributed by atoms with Crippen LogP contribution in [0.25, 0.3) is 6.08 Å².